The monoisotopic (exact) mass is 292 g/mol. The van der Waals surface area contributed by atoms with Crippen molar-refractivity contribution in [3.63, 3.8) is 0 Å². The molecular formula is C12H16N6OS. The van der Waals surface area contributed by atoms with E-state index >= 15 is 0 Å². The molecule has 7 nitrogen and oxygen atoms in total. The summed E-state index contributed by atoms with van der Waals surface area (Å²) in [4.78, 5) is 13.9. The minimum absolute atomic E-state index is 0.0615. The minimum Gasteiger partial charge on any atom is -0.324 e. The molecule has 106 valence electrons. The third kappa shape index (κ3) is 3.13. The van der Waals surface area contributed by atoms with Gasteiger partial charge in [-0.3, -0.25) is 10.00 Å². The van der Waals surface area contributed by atoms with E-state index in [1.165, 1.54) is 11.5 Å². The second-order valence-electron chi connectivity index (χ2n) is 4.87. The Labute approximate surface area is 120 Å². The first-order valence-electron chi connectivity index (χ1n) is 6.62. The van der Waals surface area contributed by atoms with E-state index in [2.05, 4.69) is 20.0 Å². The molecule has 0 aliphatic carbocycles. The van der Waals surface area contributed by atoms with Gasteiger partial charge in [-0.15, -0.1) is 5.10 Å². The van der Waals surface area contributed by atoms with Crippen molar-refractivity contribution >= 4 is 22.6 Å². The number of nitrogens with one attached hydrogen (secondary N) is 1. The average molecular weight is 292 g/mol. The number of likely N-dealkylation sites (tertiary alicyclic amines) is 1. The third-order valence-corrected chi connectivity index (χ3v) is 4.08. The van der Waals surface area contributed by atoms with Gasteiger partial charge in [-0.1, -0.05) is 4.49 Å². The van der Waals surface area contributed by atoms with Crippen LogP contribution in [0.4, 0.5) is 9.80 Å². The zero-order valence-corrected chi connectivity index (χ0v) is 11.8. The van der Waals surface area contributed by atoms with E-state index in [4.69, 9.17) is 0 Å². The van der Waals surface area contributed by atoms with E-state index in [9.17, 15) is 4.79 Å². The van der Waals surface area contributed by atoms with Gasteiger partial charge < -0.3 is 4.90 Å². The van der Waals surface area contributed by atoms with Gasteiger partial charge in [0.15, 0.2) is 0 Å². The summed E-state index contributed by atoms with van der Waals surface area (Å²) in [5.74, 6) is 0.587. The van der Waals surface area contributed by atoms with E-state index < -0.39 is 0 Å². The molecule has 0 atom stereocenters. The van der Waals surface area contributed by atoms with Gasteiger partial charge in [0, 0.05) is 43.6 Å². The van der Waals surface area contributed by atoms with E-state index in [0.29, 0.717) is 10.9 Å². The van der Waals surface area contributed by atoms with Crippen LogP contribution < -0.4 is 5.32 Å². The molecule has 20 heavy (non-hydrogen) atoms. The predicted octanol–water partition coefficient (Wildman–Crippen LogP) is 1.68. The lowest BCUT2D eigenvalue weighted by Gasteiger charge is -2.31. The Balaban J connectivity index is 1.47. The smallest absolute Gasteiger partial charge is 0.322 e. The van der Waals surface area contributed by atoms with Crippen molar-refractivity contribution in [1.82, 2.24) is 24.3 Å². The van der Waals surface area contributed by atoms with Crippen molar-refractivity contribution < 1.29 is 4.79 Å². The maximum Gasteiger partial charge on any atom is 0.322 e. The number of aromatic nitrogens is 4. The molecule has 0 unspecified atom stereocenters. The first kappa shape index (κ1) is 13.0. The van der Waals surface area contributed by atoms with Crippen molar-refractivity contribution in [2.45, 2.75) is 19.4 Å². The van der Waals surface area contributed by atoms with Crippen LogP contribution in [0.1, 0.15) is 12.8 Å². The number of carbonyl (C=O) groups excluding carboxylic acids is 1. The molecule has 0 bridgehead atoms. The van der Waals surface area contributed by atoms with Crippen LogP contribution in [0, 0.1) is 5.92 Å². The van der Waals surface area contributed by atoms with Crippen LogP contribution in [0.25, 0.3) is 0 Å². The summed E-state index contributed by atoms with van der Waals surface area (Å²) < 4.78 is 5.68. The summed E-state index contributed by atoms with van der Waals surface area (Å²) in [6.07, 6.45) is 7.36. The number of anilines is 1. The molecule has 3 rings (SSSR count). The molecule has 0 saturated carbocycles. The van der Waals surface area contributed by atoms with Crippen LogP contribution >= 0.6 is 11.5 Å². The maximum absolute atomic E-state index is 12.0. The van der Waals surface area contributed by atoms with Gasteiger partial charge in [0.1, 0.15) is 5.00 Å². The van der Waals surface area contributed by atoms with Crippen molar-refractivity contribution in [2.75, 3.05) is 18.4 Å². The molecule has 1 fully saturated rings. The van der Waals surface area contributed by atoms with Gasteiger partial charge in [0.2, 0.25) is 0 Å². The van der Waals surface area contributed by atoms with E-state index in [1.54, 1.807) is 12.4 Å². The molecule has 3 heterocycles. The lowest BCUT2D eigenvalue weighted by molar-refractivity contribution is 0.175. The van der Waals surface area contributed by atoms with Crippen molar-refractivity contribution in [1.29, 1.82) is 0 Å². The van der Waals surface area contributed by atoms with Crippen molar-refractivity contribution in [3.8, 4) is 0 Å². The molecular weight excluding hydrogens is 276 g/mol. The van der Waals surface area contributed by atoms with Crippen LogP contribution in [0.3, 0.4) is 0 Å². The largest absolute Gasteiger partial charge is 0.324 e. The molecule has 2 amide bonds. The molecule has 2 aromatic heterocycles. The zero-order valence-electron chi connectivity index (χ0n) is 11.0. The van der Waals surface area contributed by atoms with Gasteiger partial charge >= 0.3 is 6.03 Å². The number of hydrogen-bond acceptors (Lipinski definition) is 5. The van der Waals surface area contributed by atoms with Gasteiger partial charge in [0.25, 0.3) is 0 Å². The SMILES string of the molecule is O=C(Nc1cnns1)N1CCC(Cn2cccn2)CC1. The van der Waals surface area contributed by atoms with Crippen molar-refractivity contribution in [3.05, 3.63) is 24.7 Å². The van der Waals surface area contributed by atoms with Gasteiger partial charge in [0.05, 0.1) is 6.20 Å². The van der Waals surface area contributed by atoms with Crippen LogP contribution in [-0.2, 0) is 6.54 Å². The average Bonchev–Trinajstić information content (AvgIpc) is 3.13. The number of piperidine rings is 1. The highest BCUT2D eigenvalue weighted by Gasteiger charge is 2.23. The molecule has 8 heteroatoms. The van der Waals surface area contributed by atoms with Crippen LogP contribution in [0.15, 0.2) is 24.7 Å². The Hall–Kier alpha value is -1.96. The molecule has 0 aromatic carbocycles. The zero-order chi connectivity index (χ0) is 13.8. The second-order valence-corrected chi connectivity index (χ2v) is 5.66. The second kappa shape index (κ2) is 6.00. The van der Waals surface area contributed by atoms with E-state index in [1.807, 2.05) is 21.8 Å². The van der Waals surface area contributed by atoms with Crippen LogP contribution in [0.2, 0.25) is 0 Å². The fourth-order valence-corrected chi connectivity index (χ4v) is 2.81. The first-order chi connectivity index (χ1) is 9.81. The molecule has 1 N–H and O–H groups in total. The van der Waals surface area contributed by atoms with Crippen molar-refractivity contribution in [2.24, 2.45) is 5.92 Å². The highest BCUT2D eigenvalue weighted by molar-refractivity contribution is 7.10. The Bertz CT molecular complexity index is 532. The number of hydrogen-bond donors (Lipinski definition) is 1. The molecule has 2 aromatic rings. The highest BCUT2D eigenvalue weighted by atomic mass is 32.1. The minimum atomic E-state index is -0.0615. The number of rotatable bonds is 3. The molecule has 1 aliphatic heterocycles. The molecule has 0 radical (unpaired) electrons. The summed E-state index contributed by atoms with van der Waals surface area (Å²) in [6.45, 7) is 2.50. The topological polar surface area (TPSA) is 75.9 Å². The highest BCUT2D eigenvalue weighted by Crippen LogP contribution is 2.20. The van der Waals surface area contributed by atoms with Crippen LogP contribution in [0.5, 0.6) is 0 Å². The Morgan fingerprint density at radius 2 is 2.30 bits per heavy atom. The third-order valence-electron chi connectivity index (χ3n) is 3.50. The summed E-state index contributed by atoms with van der Waals surface area (Å²) in [5, 5.41) is 11.4. The first-order valence-corrected chi connectivity index (χ1v) is 7.39. The summed E-state index contributed by atoms with van der Waals surface area (Å²) >= 11 is 1.19. The molecule has 1 aliphatic rings. The standard InChI is InChI=1S/C12H16N6OS/c19-12(15-11-8-13-16-20-11)17-6-2-10(3-7-17)9-18-5-1-4-14-18/h1,4-5,8,10H,2-3,6-7,9H2,(H,15,19). The number of carbonyl (C=O) groups is 1. The van der Waals surface area contributed by atoms with Crippen LogP contribution in [-0.4, -0.2) is 43.4 Å². The number of amides is 2. The van der Waals surface area contributed by atoms with Gasteiger partial charge in [-0.05, 0) is 24.8 Å². The fourth-order valence-electron chi connectivity index (χ4n) is 2.40. The fraction of sp³-hybridized carbons (Fsp3) is 0.500. The predicted molar refractivity (Wildman–Crippen MR) is 75.5 cm³/mol. The summed E-state index contributed by atoms with van der Waals surface area (Å²) in [5.41, 5.74) is 0. The molecule has 0 spiro atoms. The summed E-state index contributed by atoms with van der Waals surface area (Å²) in [6, 6.07) is 1.87. The van der Waals surface area contributed by atoms with E-state index in [0.717, 1.165) is 32.5 Å². The Morgan fingerprint density at radius 1 is 1.45 bits per heavy atom. The van der Waals surface area contributed by atoms with Gasteiger partial charge in [-0.2, -0.15) is 5.10 Å². The van der Waals surface area contributed by atoms with Gasteiger partial charge in [-0.25, -0.2) is 4.79 Å². The lowest BCUT2D eigenvalue weighted by atomic mass is 9.97. The number of nitrogens with zero attached hydrogens (tertiary/aromatic N) is 5. The lowest BCUT2D eigenvalue weighted by Crippen LogP contribution is -2.41. The Morgan fingerprint density at radius 3 is 2.95 bits per heavy atom. The quantitative estimate of drug-likeness (QED) is 0.934. The summed E-state index contributed by atoms with van der Waals surface area (Å²) in [7, 11) is 0. The Kier molecular flexibility index (Phi) is 3.91. The normalized spacial score (nSPS) is 16.3. The van der Waals surface area contributed by atoms with E-state index in [-0.39, 0.29) is 6.03 Å². The number of urea groups is 1. The maximum atomic E-state index is 12.0. The molecule has 1 saturated heterocycles.